The third-order valence-corrected chi connectivity index (χ3v) is 4.71. The number of aromatic nitrogens is 1. The topological polar surface area (TPSA) is 79.4 Å². The summed E-state index contributed by atoms with van der Waals surface area (Å²) in [6.45, 7) is 0.410. The summed E-state index contributed by atoms with van der Waals surface area (Å²) in [5.74, 6) is -0.811. The Kier molecular flexibility index (Phi) is 6.46. The van der Waals surface area contributed by atoms with Crippen molar-refractivity contribution in [1.82, 2.24) is 10.3 Å². The first-order valence-corrected chi connectivity index (χ1v) is 9.60. The molecule has 0 unspecified atom stereocenters. The van der Waals surface area contributed by atoms with Crippen molar-refractivity contribution in [2.24, 2.45) is 0 Å². The summed E-state index contributed by atoms with van der Waals surface area (Å²) in [5, 5.41) is 2.75. The molecule has 2 rings (SSSR count). The Balaban J connectivity index is 1.89. The molecule has 0 bridgehead atoms. The summed E-state index contributed by atoms with van der Waals surface area (Å²) < 4.78 is 38.7. The molecule has 0 aliphatic heterocycles. The second kappa shape index (κ2) is 8.57. The van der Waals surface area contributed by atoms with Gasteiger partial charge in [-0.15, -0.1) is 0 Å². The van der Waals surface area contributed by atoms with Crippen molar-refractivity contribution in [1.29, 1.82) is 0 Å². The lowest BCUT2D eigenvalue weighted by molar-refractivity contribution is -0.121. The summed E-state index contributed by atoms with van der Waals surface area (Å²) in [6.07, 6.45) is 4.72. The van der Waals surface area contributed by atoms with Crippen molar-refractivity contribution in [3.05, 3.63) is 60.2 Å². The third-order valence-electron chi connectivity index (χ3n) is 3.53. The molecule has 0 fully saturated rings. The van der Waals surface area contributed by atoms with Crippen molar-refractivity contribution in [2.45, 2.75) is 19.4 Å². The number of hydrogen-bond donors (Lipinski definition) is 1. The van der Waals surface area contributed by atoms with Gasteiger partial charge >= 0.3 is 0 Å². The maximum atomic E-state index is 13.9. The highest BCUT2D eigenvalue weighted by Crippen LogP contribution is 2.21. The lowest BCUT2D eigenvalue weighted by atomic mass is 10.2. The number of benzene rings is 1. The fourth-order valence-electron chi connectivity index (χ4n) is 2.29. The Bertz CT molecular complexity index is 813. The summed E-state index contributed by atoms with van der Waals surface area (Å²) >= 11 is 0. The largest absolute Gasteiger partial charge is 0.352 e. The molecule has 1 N–H and O–H groups in total. The van der Waals surface area contributed by atoms with Crippen molar-refractivity contribution in [2.75, 3.05) is 17.1 Å². The minimum Gasteiger partial charge on any atom is -0.352 e. The van der Waals surface area contributed by atoms with Crippen LogP contribution in [0.4, 0.5) is 10.1 Å². The number of nitrogens with one attached hydrogen (secondary N) is 1. The number of carbonyl (C=O) groups excluding carboxylic acids is 1. The molecule has 1 heterocycles. The molecule has 6 nitrogen and oxygen atoms in total. The number of sulfonamides is 1. The van der Waals surface area contributed by atoms with Gasteiger partial charge in [-0.05, 0) is 36.2 Å². The number of anilines is 1. The fraction of sp³-hybridized carbons (Fsp3) is 0.294. The van der Waals surface area contributed by atoms with Crippen LogP contribution in [0.1, 0.15) is 18.4 Å². The molecule has 8 heteroatoms. The van der Waals surface area contributed by atoms with Gasteiger partial charge < -0.3 is 5.32 Å². The van der Waals surface area contributed by atoms with E-state index in [0.29, 0.717) is 6.54 Å². The zero-order valence-electron chi connectivity index (χ0n) is 13.9. The highest BCUT2D eigenvalue weighted by atomic mass is 32.2. The van der Waals surface area contributed by atoms with Crippen LogP contribution in [0.15, 0.2) is 48.8 Å². The lowest BCUT2D eigenvalue weighted by Gasteiger charge is -2.22. The molecule has 0 radical (unpaired) electrons. The van der Waals surface area contributed by atoms with Crippen molar-refractivity contribution in [3.8, 4) is 0 Å². The smallest absolute Gasteiger partial charge is 0.232 e. The SMILES string of the molecule is CS(=O)(=O)N(CCCC(=O)NCc1ccncc1)c1ccccc1F. The van der Waals surface area contributed by atoms with Crippen LogP contribution < -0.4 is 9.62 Å². The number of nitrogens with zero attached hydrogens (tertiary/aromatic N) is 2. The van der Waals surface area contributed by atoms with E-state index in [9.17, 15) is 17.6 Å². The van der Waals surface area contributed by atoms with Crippen LogP contribution in [0, 0.1) is 5.82 Å². The number of halogens is 1. The van der Waals surface area contributed by atoms with Crippen LogP contribution in [0.5, 0.6) is 0 Å². The summed E-state index contributed by atoms with van der Waals surface area (Å²) in [7, 11) is -3.64. The molecule has 0 saturated heterocycles. The summed E-state index contributed by atoms with van der Waals surface area (Å²) in [4.78, 5) is 15.8. The zero-order chi connectivity index (χ0) is 18.3. The summed E-state index contributed by atoms with van der Waals surface area (Å²) in [5.41, 5.74) is 0.912. The van der Waals surface area contributed by atoms with Crippen LogP contribution in [-0.2, 0) is 21.4 Å². The van der Waals surface area contributed by atoms with E-state index in [1.54, 1.807) is 30.6 Å². The summed E-state index contributed by atoms with van der Waals surface area (Å²) in [6, 6.07) is 9.26. The number of carbonyl (C=O) groups is 1. The second-order valence-electron chi connectivity index (χ2n) is 5.52. The number of rotatable bonds is 8. The van der Waals surface area contributed by atoms with E-state index in [4.69, 9.17) is 0 Å². The van der Waals surface area contributed by atoms with Gasteiger partial charge in [-0.3, -0.25) is 14.1 Å². The van der Waals surface area contributed by atoms with Gasteiger partial charge in [0.05, 0.1) is 11.9 Å². The average molecular weight is 365 g/mol. The van der Waals surface area contributed by atoms with Crippen LogP contribution in [0.25, 0.3) is 0 Å². The predicted molar refractivity (Wildman–Crippen MR) is 93.9 cm³/mol. The van der Waals surface area contributed by atoms with Gasteiger partial charge in [0.1, 0.15) is 5.82 Å². The highest BCUT2D eigenvalue weighted by molar-refractivity contribution is 7.92. The molecule has 2 aromatic rings. The Hall–Kier alpha value is -2.48. The normalized spacial score (nSPS) is 11.1. The van der Waals surface area contributed by atoms with Gasteiger partial charge in [-0.25, -0.2) is 12.8 Å². The van der Waals surface area contributed by atoms with Gasteiger partial charge in [0.25, 0.3) is 0 Å². The molecular formula is C17H20FN3O3S. The Labute approximate surface area is 146 Å². The molecule has 0 spiro atoms. The third kappa shape index (κ3) is 5.82. The molecule has 1 aromatic carbocycles. The minimum atomic E-state index is -3.64. The Morgan fingerprint density at radius 3 is 2.52 bits per heavy atom. The van der Waals surface area contributed by atoms with Gasteiger partial charge in [0.2, 0.25) is 15.9 Å². The maximum Gasteiger partial charge on any atom is 0.232 e. The van der Waals surface area contributed by atoms with Gasteiger partial charge in [0, 0.05) is 31.9 Å². The minimum absolute atomic E-state index is 0.0119. The Morgan fingerprint density at radius 2 is 1.88 bits per heavy atom. The standard InChI is InChI=1S/C17H20FN3O3S/c1-25(23,24)21(16-6-3-2-5-15(16)18)12-4-7-17(22)20-13-14-8-10-19-11-9-14/h2-3,5-6,8-11H,4,7,12-13H2,1H3,(H,20,22). The fourth-order valence-corrected chi connectivity index (χ4v) is 3.26. The van der Waals surface area contributed by atoms with E-state index in [0.717, 1.165) is 16.1 Å². The number of para-hydroxylation sites is 1. The molecular weight excluding hydrogens is 345 g/mol. The number of amides is 1. The predicted octanol–water partition coefficient (Wildman–Crippen LogP) is 2.08. The van der Waals surface area contributed by atoms with E-state index >= 15 is 0 Å². The maximum absolute atomic E-state index is 13.9. The van der Waals surface area contributed by atoms with Crippen LogP contribution in [0.3, 0.4) is 0 Å². The number of hydrogen-bond acceptors (Lipinski definition) is 4. The van der Waals surface area contributed by atoms with E-state index in [2.05, 4.69) is 10.3 Å². The van der Waals surface area contributed by atoms with Gasteiger partial charge in [-0.1, -0.05) is 12.1 Å². The van der Waals surface area contributed by atoms with Crippen molar-refractivity contribution < 1.29 is 17.6 Å². The first kappa shape index (κ1) is 18.9. The monoisotopic (exact) mass is 365 g/mol. The quantitative estimate of drug-likeness (QED) is 0.777. The number of pyridine rings is 1. The Morgan fingerprint density at radius 1 is 1.20 bits per heavy atom. The molecule has 1 aromatic heterocycles. The first-order valence-electron chi connectivity index (χ1n) is 7.76. The van der Waals surface area contributed by atoms with Crippen molar-refractivity contribution in [3.63, 3.8) is 0 Å². The molecule has 0 saturated carbocycles. The van der Waals surface area contributed by atoms with Crippen LogP contribution in [-0.4, -0.2) is 32.1 Å². The van der Waals surface area contributed by atoms with E-state index in [1.165, 1.54) is 18.2 Å². The van der Waals surface area contributed by atoms with E-state index in [1.807, 2.05) is 0 Å². The molecule has 0 atom stereocenters. The van der Waals surface area contributed by atoms with Crippen LogP contribution >= 0.6 is 0 Å². The molecule has 25 heavy (non-hydrogen) atoms. The molecule has 134 valence electrons. The first-order chi connectivity index (χ1) is 11.9. The lowest BCUT2D eigenvalue weighted by Crippen LogP contribution is -2.32. The molecule has 1 amide bonds. The van der Waals surface area contributed by atoms with Crippen molar-refractivity contribution >= 4 is 21.6 Å². The second-order valence-corrected chi connectivity index (χ2v) is 7.43. The van der Waals surface area contributed by atoms with E-state index < -0.39 is 15.8 Å². The average Bonchev–Trinajstić information content (AvgIpc) is 2.58. The van der Waals surface area contributed by atoms with Gasteiger partial charge in [-0.2, -0.15) is 0 Å². The molecule has 0 aliphatic carbocycles. The molecule has 0 aliphatic rings. The highest BCUT2D eigenvalue weighted by Gasteiger charge is 2.20. The zero-order valence-corrected chi connectivity index (χ0v) is 14.7. The van der Waals surface area contributed by atoms with Gasteiger partial charge in [0.15, 0.2) is 0 Å². The van der Waals surface area contributed by atoms with Crippen LogP contribution in [0.2, 0.25) is 0 Å². The van der Waals surface area contributed by atoms with E-state index in [-0.39, 0.29) is 31.0 Å².